The van der Waals surface area contributed by atoms with Crippen LogP contribution in [0.5, 0.6) is 5.75 Å². The molecule has 6 heteroatoms. The summed E-state index contributed by atoms with van der Waals surface area (Å²) in [5, 5.41) is 3.26. The van der Waals surface area contributed by atoms with E-state index in [2.05, 4.69) is 22.2 Å². The van der Waals surface area contributed by atoms with Crippen LogP contribution in [0.1, 0.15) is 24.7 Å². The van der Waals surface area contributed by atoms with E-state index in [1.807, 2.05) is 24.9 Å². The predicted molar refractivity (Wildman–Crippen MR) is 82.9 cm³/mol. The lowest BCUT2D eigenvalue weighted by molar-refractivity contribution is 0.412. The van der Waals surface area contributed by atoms with Crippen molar-refractivity contribution in [1.29, 1.82) is 0 Å². The van der Waals surface area contributed by atoms with E-state index in [-0.39, 0.29) is 0 Å². The summed E-state index contributed by atoms with van der Waals surface area (Å²) in [5.41, 5.74) is 1.13. The van der Waals surface area contributed by atoms with Crippen molar-refractivity contribution in [3.63, 3.8) is 0 Å². The first-order valence-electron chi connectivity index (χ1n) is 7.04. The molecular weight excluding hydrogens is 268 g/mol. The maximum absolute atomic E-state index is 5.49. The van der Waals surface area contributed by atoms with E-state index in [1.165, 1.54) is 0 Å². The lowest BCUT2D eigenvalue weighted by atomic mass is 10.2. The fourth-order valence-corrected chi connectivity index (χ4v) is 2.10. The predicted octanol–water partition coefficient (Wildman–Crippen LogP) is 2.84. The lowest BCUT2D eigenvalue weighted by Crippen LogP contribution is -2.19. The van der Waals surface area contributed by atoms with Crippen LogP contribution in [0.3, 0.4) is 0 Å². The van der Waals surface area contributed by atoms with Gasteiger partial charge in [-0.3, -0.25) is 0 Å². The van der Waals surface area contributed by atoms with Crippen molar-refractivity contribution in [1.82, 2.24) is 9.97 Å². The van der Waals surface area contributed by atoms with Gasteiger partial charge in [0.15, 0.2) is 11.6 Å². The van der Waals surface area contributed by atoms with Crippen LogP contribution in [-0.2, 0) is 6.54 Å². The van der Waals surface area contributed by atoms with Gasteiger partial charge < -0.3 is 19.4 Å². The lowest BCUT2D eigenvalue weighted by Gasteiger charge is -2.21. The Morgan fingerprint density at radius 2 is 2.19 bits per heavy atom. The Bertz CT molecular complexity index is 583. The van der Waals surface area contributed by atoms with Gasteiger partial charge in [0.2, 0.25) is 5.75 Å². The Balaban J connectivity index is 2.23. The minimum absolute atomic E-state index is 0.662. The largest absolute Gasteiger partial charge is 0.490 e. The van der Waals surface area contributed by atoms with Crippen molar-refractivity contribution >= 4 is 11.6 Å². The van der Waals surface area contributed by atoms with E-state index in [0.717, 1.165) is 35.9 Å². The van der Waals surface area contributed by atoms with Crippen LogP contribution in [0.2, 0.25) is 0 Å². The average Bonchev–Trinajstić information content (AvgIpc) is 2.89. The Hall–Kier alpha value is -2.24. The van der Waals surface area contributed by atoms with Gasteiger partial charge in [-0.15, -0.1) is 0 Å². The van der Waals surface area contributed by atoms with Crippen molar-refractivity contribution in [3.8, 4) is 5.75 Å². The van der Waals surface area contributed by atoms with Gasteiger partial charge in [-0.2, -0.15) is 0 Å². The molecule has 0 aliphatic heterocycles. The molecule has 114 valence electrons. The number of anilines is 2. The molecule has 2 rings (SSSR count). The molecule has 0 atom stereocenters. The van der Waals surface area contributed by atoms with Gasteiger partial charge in [0.05, 0.1) is 13.4 Å². The third-order valence-electron chi connectivity index (χ3n) is 3.27. The number of hydrogen-bond acceptors (Lipinski definition) is 6. The highest BCUT2D eigenvalue weighted by atomic mass is 16.5. The number of aromatic nitrogens is 2. The maximum atomic E-state index is 5.49. The molecule has 0 radical (unpaired) electrons. The van der Waals surface area contributed by atoms with Crippen LogP contribution in [0, 0.1) is 6.92 Å². The molecule has 2 aromatic heterocycles. The molecule has 6 nitrogen and oxygen atoms in total. The summed E-state index contributed by atoms with van der Waals surface area (Å²) in [5.74, 6) is 3.06. The van der Waals surface area contributed by atoms with Crippen LogP contribution < -0.4 is 15.0 Å². The van der Waals surface area contributed by atoms with Gasteiger partial charge in [-0.25, -0.2) is 9.97 Å². The summed E-state index contributed by atoms with van der Waals surface area (Å²) in [6, 6.07) is 1.97. The van der Waals surface area contributed by atoms with E-state index in [0.29, 0.717) is 12.3 Å². The highest BCUT2D eigenvalue weighted by molar-refractivity contribution is 5.64. The molecule has 0 aromatic carbocycles. The smallest absolute Gasteiger partial charge is 0.204 e. The average molecular weight is 290 g/mol. The molecule has 2 heterocycles. The standard InChI is InChI=1S/C15H22N4O2/c1-5-7-16-14-13(20-4)15(18-10-17-14)19(3)9-12-6-8-21-11(12)2/h6,8,10H,5,7,9H2,1-4H3,(H,16,17,18). The number of methoxy groups -OCH3 is 1. The first-order valence-corrected chi connectivity index (χ1v) is 7.04. The van der Waals surface area contributed by atoms with Gasteiger partial charge in [0.1, 0.15) is 12.1 Å². The van der Waals surface area contributed by atoms with Crippen molar-refractivity contribution < 1.29 is 9.15 Å². The summed E-state index contributed by atoms with van der Waals surface area (Å²) in [7, 11) is 3.61. The first kappa shape index (κ1) is 15.2. The summed E-state index contributed by atoms with van der Waals surface area (Å²) in [6.45, 7) is 5.60. The highest BCUT2D eigenvalue weighted by Gasteiger charge is 2.16. The third kappa shape index (κ3) is 3.45. The Kier molecular flexibility index (Phi) is 5.03. The molecule has 0 unspecified atom stereocenters. The van der Waals surface area contributed by atoms with Gasteiger partial charge in [0, 0.05) is 25.7 Å². The van der Waals surface area contributed by atoms with Crippen LogP contribution in [0.4, 0.5) is 11.6 Å². The van der Waals surface area contributed by atoms with Crippen LogP contribution in [-0.4, -0.2) is 30.7 Å². The normalized spacial score (nSPS) is 10.5. The number of nitrogens with zero attached hydrogens (tertiary/aromatic N) is 3. The molecule has 2 aromatic rings. The zero-order valence-corrected chi connectivity index (χ0v) is 13.0. The van der Waals surface area contributed by atoms with Crippen LogP contribution in [0.25, 0.3) is 0 Å². The SMILES string of the molecule is CCCNc1ncnc(N(C)Cc2ccoc2C)c1OC. The number of hydrogen-bond donors (Lipinski definition) is 1. The second kappa shape index (κ2) is 6.97. The molecule has 21 heavy (non-hydrogen) atoms. The Morgan fingerprint density at radius 1 is 1.38 bits per heavy atom. The molecule has 0 saturated heterocycles. The fraction of sp³-hybridized carbons (Fsp3) is 0.467. The zero-order chi connectivity index (χ0) is 15.2. The molecule has 0 spiro atoms. The van der Waals surface area contributed by atoms with Crippen LogP contribution in [0.15, 0.2) is 23.1 Å². The Morgan fingerprint density at radius 3 is 2.81 bits per heavy atom. The molecule has 0 amide bonds. The van der Waals surface area contributed by atoms with Crippen molar-refractivity contribution in [3.05, 3.63) is 30.0 Å². The molecule has 0 fully saturated rings. The molecule has 0 bridgehead atoms. The molecular formula is C15H22N4O2. The number of nitrogens with one attached hydrogen (secondary N) is 1. The van der Waals surface area contributed by atoms with Gasteiger partial charge in [-0.05, 0) is 19.4 Å². The van der Waals surface area contributed by atoms with Crippen molar-refractivity contribution in [2.24, 2.45) is 0 Å². The second-order valence-corrected chi connectivity index (χ2v) is 4.86. The summed E-state index contributed by atoms with van der Waals surface area (Å²) in [6.07, 6.45) is 4.27. The second-order valence-electron chi connectivity index (χ2n) is 4.86. The first-order chi connectivity index (χ1) is 10.2. The molecule has 1 N–H and O–H groups in total. The van der Waals surface area contributed by atoms with E-state index in [4.69, 9.17) is 9.15 Å². The summed E-state index contributed by atoms with van der Waals surface area (Å²) < 4.78 is 10.8. The van der Waals surface area contributed by atoms with E-state index < -0.39 is 0 Å². The number of furan rings is 1. The Labute approximate surface area is 125 Å². The fourth-order valence-electron chi connectivity index (χ4n) is 2.10. The monoisotopic (exact) mass is 290 g/mol. The topological polar surface area (TPSA) is 63.4 Å². The molecule has 0 aliphatic carbocycles. The van der Waals surface area contributed by atoms with Crippen molar-refractivity contribution in [2.75, 3.05) is 30.9 Å². The zero-order valence-electron chi connectivity index (χ0n) is 13.0. The van der Waals surface area contributed by atoms with E-state index in [1.54, 1.807) is 19.7 Å². The van der Waals surface area contributed by atoms with E-state index in [9.17, 15) is 0 Å². The minimum Gasteiger partial charge on any atom is -0.490 e. The quantitative estimate of drug-likeness (QED) is 0.846. The maximum Gasteiger partial charge on any atom is 0.204 e. The highest BCUT2D eigenvalue weighted by Crippen LogP contribution is 2.32. The summed E-state index contributed by atoms with van der Waals surface area (Å²) in [4.78, 5) is 10.6. The number of ether oxygens (including phenoxy) is 1. The third-order valence-corrected chi connectivity index (χ3v) is 3.27. The van der Waals surface area contributed by atoms with Gasteiger partial charge >= 0.3 is 0 Å². The molecule has 0 saturated carbocycles. The minimum atomic E-state index is 0.662. The van der Waals surface area contributed by atoms with Gasteiger partial charge in [-0.1, -0.05) is 6.92 Å². The van der Waals surface area contributed by atoms with Crippen molar-refractivity contribution in [2.45, 2.75) is 26.8 Å². The number of aryl methyl sites for hydroxylation is 1. The van der Waals surface area contributed by atoms with Gasteiger partial charge in [0.25, 0.3) is 0 Å². The molecule has 0 aliphatic rings. The van der Waals surface area contributed by atoms with Crippen LogP contribution >= 0.6 is 0 Å². The summed E-state index contributed by atoms with van der Waals surface area (Å²) >= 11 is 0. The van der Waals surface area contributed by atoms with E-state index >= 15 is 0 Å². The number of rotatable bonds is 7.